The normalized spacial score (nSPS) is 21.5. The molecule has 0 radical (unpaired) electrons. The number of hydrogen-bond donors (Lipinski definition) is 0. The minimum atomic E-state index is 0.292. The maximum Gasteiger partial charge on any atom is 0.223 e. The van der Waals surface area contributed by atoms with Gasteiger partial charge >= 0.3 is 0 Å². The Balaban J connectivity index is 1.46. The first-order valence-electron chi connectivity index (χ1n) is 8.41. The molecule has 1 aromatic carbocycles. The van der Waals surface area contributed by atoms with Crippen molar-refractivity contribution < 1.29 is 4.79 Å². The van der Waals surface area contributed by atoms with Crippen molar-refractivity contribution in [3.63, 3.8) is 0 Å². The molecule has 2 aliphatic heterocycles. The van der Waals surface area contributed by atoms with Crippen LogP contribution in [0.25, 0.3) is 0 Å². The van der Waals surface area contributed by atoms with Crippen molar-refractivity contribution in [1.82, 2.24) is 9.80 Å². The van der Waals surface area contributed by atoms with Gasteiger partial charge in [-0.05, 0) is 50.1 Å². The molecule has 2 saturated heterocycles. The maximum atomic E-state index is 12.5. The average molecular weight is 329 g/mol. The van der Waals surface area contributed by atoms with Crippen molar-refractivity contribution in [2.24, 2.45) is 0 Å². The molecular formula is C18H23N3OS. The molecule has 0 bridgehead atoms. The Hall–Kier alpha value is -1.51. The van der Waals surface area contributed by atoms with Crippen LogP contribution in [0.15, 0.2) is 29.2 Å². The number of amides is 1. The standard InChI is InChI=1S/C18H23N3OS/c19-13-15-4-6-17(7-5-15)23-12-8-18(22)21-11-2-10-20-9-1-3-16(20)14-21/h4-7,16H,1-3,8-12,14H2/t16-/m1/s1. The van der Waals surface area contributed by atoms with Crippen molar-refractivity contribution in [2.45, 2.75) is 36.6 Å². The lowest BCUT2D eigenvalue weighted by Gasteiger charge is -2.25. The third kappa shape index (κ3) is 4.27. The SMILES string of the molecule is N#Cc1ccc(SCCC(=O)N2CCCN3CCC[C@@H]3C2)cc1. The molecule has 122 valence electrons. The van der Waals surface area contributed by atoms with Crippen LogP contribution >= 0.6 is 11.8 Å². The fourth-order valence-electron chi connectivity index (χ4n) is 3.47. The molecule has 0 aliphatic carbocycles. The minimum Gasteiger partial charge on any atom is -0.341 e. The summed E-state index contributed by atoms with van der Waals surface area (Å²) < 4.78 is 0. The van der Waals surface area contributed by atoms with E-state index in [2.05, 4.69) is 15.9 Å². The van der Waals surface area contributed by atoms with Crippen molar-refractivity contribution in [3.8, 4) is 6.07 Å². The summed E-state index contributed by atoms with van der Waals surface area (Å²) in [7, 11) is 0. The molecule has 2 fully saturated rings. The molecule has 0 unspecified atom stereocenters. The Morgan fingerprint density at radius 1 is 1.22 bits per heavy atom. The summed E-state index contributed by atoms with van der Waals surface area (Å²) in [6.45, 7) is 4.18. The van der Waals surface area contributed by atoms with Crippen LogP contribution < -0.4 is 0 Å². The number of fused-ring (bicyclic) bond motifs is 1. The van der Waals surface area contributed by atoms with Crippen LogP contribution in [0.5, 0.6) is 0 Å². The Bertz CT molecular complexity index is 581. The molecule has 0 saturated carbocycles. The average Bonchev–Trinajstić information content (AvgIpc) is 2.92. The monoisotopic (exact) mass is 329 g/mol. The summed E-state index contributed by atoms with van der Waals surface area (Å²) in [6, 6.07) is 10.3. The largest absolute Gasteiger partial charge is 0.341 e. The van der Waals surface area contributed by atoms with E-state index in [1.165, 1.54) is 19.4 Å². The zero-order valence-corrected chi connectivity index (χ0v) is 14.2. The molecule has 5 heteroatoms. The second-order valence-corrected chi connectivity index (χ2v) is 7.43. The molecule has 23 heavy (non-hydrogen) atoms. The second kappa shape index (κ2) is 7.85. The molecule has 2 aliphatic rings. The van der Waals surface area contributed by atoms with Gasteiger partial charge in [-0.25, -0.2) is 0 Å². The van der Waals surface area contributed by atoms with Gasteiger partial charge in [0.15, 0.2) is 0 Å². The van der Waals surface area contributed by atoms with Gasteiger partial charge in [-0.15, -0.1) is 11.8 Å². The molecule has 3 rings (SSSR count). The predicted molar refractivity (Wildman–Crippen MR) is 92.3 cm³/mol. The zero-order chi connectivity index (χ0) is 16.1. The van der Waals surface area contributed by atoms with Crippen LogP contribution in [0, 0.1) is 11.3 Å². The van der Waals surface area contributed by atoms with Crippen LogP contribution in [-0.4, -0.2) is 53.7 Å². The third-order valence-electron chi connectivity index (χ3n) is 4.72. The lowest BCUT2D eigenvalue weighted by atomic mass is 10.2. The van der Waals surface area contributed by atoms with E-state index in [9.17, 15) is 4.79 Å². The molecule has 0 aromatic heterocycles. The number of nitrogens with zero attached hydrogens (tertiary/aromatic N) is 3. The van der Waals surface area contributed by atoms with Gasteiger partial charge in [0.1, 0.15) is 0 Å². The highest BCUT2D eigenvalue weighted by molar-refractivity contribution is 7.99. The first-order valence-corrected chi connectivity index (χ1v) is 9.39. The molecule has 4 nitrogen and oxygen atoms in total. The van der Waals surface area contributed by atoms with Gasteiger partial charge in [-0.2, -0.15) is 5.26 Å². The Morgan fingerprint density at radius 2 is 2.00 bits per heavy atom. The quantitative estimate of drug-likeness (QED) is 0.797. The fourth-order valence-corrected chi connectivity index (χ4v) is 4.31. The summed E-state index contributed by atoms with van der Waals surface area (Å²) >= 11 is 1.69. The lowest BCUT2D eigenvalue weighted by Crippen LogP contribution is -2.39. The van der Waals surface area contributed by atoms with Gasteiger partial charge in [-0.3, -0.25) is 9.69 Å². The van der Waals surface area contributed by atoms with Gasteiger partial charge in [0.25, 0.3) is 0 Å². The highest BCUT2D eigenvalue weighted by atomic mass is 32.2. The summed E-state index contributed by atoms with van der Waals surface area (Å²) in [6.07, 6.45) is 4.22. The predicted octanol–water partition coefficient (Wildman–Crippen LogP) is 2.74. The van der Waals surface area contributed by atoms with E-state index < -0.39 is 0 Å². The lowest BCUT2D eigenvalue weighted by molar-refractivity contribution is -0.131. The van der Waals surface area contributed by atoms with Gasteiger partial charge in [0.2, 0.25) is 5.91 Å². The number of thioether (sulfide) groups is 1. The molecule has 1 aromatic rings. The summed E-state index contributed by atoms with van der Waals surface area (Å²) in [5.41, 5.74) is 0.677. The van der Waals surface area contributed by atoms with Crippen molar-refractivity contribution in [2.75, 3.05) is 31.9 Å². The van der Waals surface area contributed by atoms with Crippen LogP contribution in [0.1, 0.15) is 31.2 Å². The van der Waals surface area contributed by atoms with Crippen molar-refractivity contribution in [1.29, 1.82) is 5.26 Å². The summed E-state index contributed by atoms with van der Waals surface area (Å²) in [4.78, 5) is 18.2. The molecule has 1 atom stereocenters. The van der Waals surface area contributed by atoms with E-state index >= 15 is 0 Å². The second-order valence-electron chi connectivity index (χ2n) is 6.26. The highest BCUT2D eigenvalue weighted by Crippen LogP contribution is 2.23. The van der Waals surface area contributed by atoms with Gasteiger partial charge in [0, 0.05) is 42.7 Å². The van der Waals surface area contributed by atoms with E-state index in [0.717, 1.165) is 36.7 Å². The Kier molecular flexibility index (Phi) is 5.58. The summed E-state index contributed by atoms with van der Waals surface area (Å²) in [5, 5.41) is 8.80. The van der Waals surface area contributed by atoms with Crippen LogP contribution in [0.3, 0.4) is 0 Å². The highest BCUT2D eigenvalue weighted by Gasteiger charge is 2.30. The Labute approximate surface area is 142 Å². The molecule has 0 N–H and O–H groups in total. The zero-order valence-electron chi connectivity index (χ0n) is 13.4. The van der Waals surface area contributed by atoms with Crippen LogP contribution in [0.4, 0.5) is 0 Å². The van der Waals surface area contributed by atoms with E-state index in [1.807, 2.05) is 24.3 Å². The minimum absolute atomic E-state index is 0.292. The Morgan fingerprint density at radius 3 is 2.78 bits per heavy atom. The van der Waals surface area contributed by atoms with Gasteiger partial charge < -0.3 is 4.90 Å². The van der Waals surface area contributed by atoms with Crippen molar-refractivity contribution in [3.05, 3.63) is 29.8 Å². The number of carbonyl (C=O) groups excluding carboxylic acids is 1. The number of nitriles is 1. The van der Waals surface area contributed by atoms with Gasteiger partial charge in [-0.1, -0.05) is 0 Å². The first kappa shape index (κ1) is 16.4. The van der Waals surface area contributed by atoms with Gasteiger partial charge in [0.05, 0.1) is 11.6 Å². The molecule has 2 heterocycles. The third-order valence-corrected chi connectivity index (χ3v) is 5.74. The van der Waals surface area contributed by atoms with E-state index in [0.29, 0.717) is 23.9 Å². The molecule has 0 spiro atoms. The van der Waals surface area contributed by atoms with Crippen LogP contribution in [-0.2, 0) is 4.79 Å². The number of benzene rings is 1. The summed E-state index contributed by atoms with van der Waals surface area (Å²) in [5.74, 6) is 1.09. The van der Waals surface area contributed by atoms with Crippen LogP contribution in [0.2, 0.25) is 0 Å². The van der Waals surface area contributed by atoms with E-state index in [-0.39, 0.29) is 0 Å². The smallest absolute Gasteiger partial charge is 0.223 e. The maximum absolute atomic E-state index is 12.5. The number of carbonyl (C=O) groups is 1. The van der Waals surface area contributed by atoms with E-state index in [1.54, 1.807) is 11.8 Å². The fraction of sp³-hybridized carbons (Fsp3) is 0.556. The number of hydrogen-bond acceptors (Lipinski definition) is 4. The first-order chi connectivity index (χ1) is 11.3. The van der Waals surface area contributed by atoms with E-state index in [4.69, 9.17) is 5.26 Å². The topological polar surface area (TPSA) is 47.3 Å². The molecule has 1 amide bonds. The molecular weight excluding hydrogens is 306 g/mol. The van der Waals surface area contributed by atoms with Crippen molar-refractivity contribution >= 4 is 17.7 Å². The number of rotatable bonds is 4.